The number of hydrazine groups is 1. The van der Waals surface area contributed by atoms with Gasteiger partial charge in [0.2, 0.25) is 0 Å². The largest absolute Gasteiger partial charge is 0.270 e. The number of rotatable bonds is 1. The molecule has 1 unspecified atom stereocenters. The lowest BCUT2D eigenvalue weighted by molar-refractivity contribution is 0.218. The fourth-order valence-corrected chi connectivity index (χ4v) is 0.416. The first-order chi connectivity index (χ1) is 4.37. The number of nitrogens with zero attached hydrogens (tertiary/aromatic N) is 1. The fraction of sp³-hybridized carbons (Fsp3) is 0.857. The summed E-state index contributed by atoms with van der Waals surface area (Å²) < 4.78 is 0. The highest BCUT2D eigenvalue weighted by molar-refractivity contribution is 5.09. The van der Waals surface area contributed by atoms with E-state index >= 15 is 0 Å². The summed E-state index contributed by atoms with van der Waals surface area (Å²) in [7, 11) is 0. The molecule has 3 N–H and O–H groups in total. The highest BCUT2D eigenvalue weighted by Gasteiger charge is 2.36. The average molecular weight is 141 g/mol. The van der Waals surface area contributed by atoms with Gasteiger partial charge in [-0.05, 0) is 12.3 Å². The lowest BCUT2D eigenvalue weighted by Crippen LogP contribution is -2.54. The van der Waals surface area contributed by atoms with E-state index in [9.17, 15) is 0 Å². The minimum absolute atomic E-state index is 0.142. The molecule has 0 aromatic heterocycles. The maximum Gasteiger partial charge on any atom is 0.120 e. The third-order valence-electron chi connectivity index (χ3n) is 2.01. The molecule has 0 aromatic rings. The van der Waals surface area contributed by atoms with E-state index in [0.29, 0.717) is 0 Å². The third kappa shape index (κ3) is 1.47. The lowest BCUT2D eigenvalue weighted by atomic mass is 9.76. The molecule has 3 nitrogen and oxygen atoms in total. The molecular formula is C7H15N3. The Kier molecular flexibility index (Phi) is 2.42. The standard InChI is InChI=1S/C7H15N3/c1-6(2,3)7(4,5-8)10-9/h10H,9H2,1-4H3. The Labute approximate surface area is 62.2 Å². The molecule has 0 rings (SSSR count). The van der Waals surface area contributed by atoms with Crippen molar-refractivity contribution in [1.29, 1.82) is 5.26 Å². The van der Waals surface area contributed by atoms with Gasteiger partial charge in [-0.25, -0.2) is 5.43 Å². The van der Waals surface area contributed by atoms with Gasteiger partial charge in [0.25, 0.3) is 0 Å². The number of hydrogen-bond donors (Lipinski definition) is 2. The van der Waals surface area contributed by atoms with Crippen LogP contribution in [0.15, 0.2) is 0 Å². The van der Waals surface area contributed by atoms with Crippen molar-refractivity contribution in [3.05, 3.63) is 0 Å². The van der Waals surface area contributed by atoms with E-state index in [1.807, 2.05) is 20.8 Å². The minimum Gasteiger partial charge on any atom is -0.270 e. The summed E-state index contributed by atoms with van der Waals surface area (Å²) in [6, 6.07) is 2.13. The molecule has 58 valence electrons. The van der Waals surface area contributed by atoms with Gasteiger partial charge in [-0.3, -0.25) is 5.84 Å². The van der Waals surface area contributed by atoms with E-state index in [2.05, 4.69) is 11.5 Å². The second kappa shape index (κ2) is 2.57. The van der Waals surface area contributed by atoms with Crippen LogP contribution >= 0.6 is 0 Å². The molecule has 3 heteroatoms. The molecule has 0 aromatic carbocycles. The van der Waals surface area contributed by atoms with E-state index in [4.69, 9.17) is 11.1 Å². The zero-order valence-corrected chi connectivity index (χ0v) is 7.02. The average Bonchev–Trinajstić information content (AvgIpc) is 1.84. The molecule has 0 fully saturated rings. The summed E-state index contributed by atoms with van der Waals surface area (Å²) in [6.45, 7) is 7.69. The second-order valence-electron chi connectivity index (χ2n) is 3.63. The third-order valence-corrected chi connectivity index (χ3v) is 2.01. The first-order valence-electron chi connectivity index (χ1n) is 3.26. The van der Waals surface area contributed by atoms with Crippen LogP contribution in [0.25, 0.3) is 0 Å². The highest BCUT2D eigenvalue weighted by Crippen LogP contribution is 2.28. The number of nitrogens with one attached hydrogen (secondary N) is 1. The van der Waals surface area contributed by atoms with Crippen LogP contribution in [-0.2, 0) is 0 Å². The molecule has 0 aliphatic rings. The van der Waals surface area contributed by atoms with Crippen molar-refractivity contribution in [2.75, 3.05) is 0 Å². The predicted octanol–water partition coefficient (Wildman–Crippen LogP) is 0.778. The molecule has 0 bridgehead atoms. The van der Waals surface area contributed by atoms with Gasteiger partial charge in [0.15, 0.2) is 0 Å². The van der Waals surface area contributed by atoms with Crippen LogP contribution in [0.4, 0.5) is 0 Å². The van der Waals surface area contributed by atoms with Crippen molar-refractivity contribution in [2.45, 2.75) is 33.2 Å². The monoisotopic (exact) mass is 141 g/mol. The minimum atomic E-state index is -0.646. The molecule has 0 heterocycles. The van der Waals surface area contributed by atoms with E-state index in [0.717, 1.165) is 0 Å². The molecule has 10 heavy (non-hydrogen) atoms. The van der Waals surface area contributed by atoms with Gasteiger partial charge in [0, 0.05) is 0 Å². The van der Waals surface area contributed by atoms with Crippen LogP contribution in [0.1, 0.15) is 27.7 Å². The van der Waals surface area contributed by atoms with Crippen molar-refractivity contribution >= 4 is 0 Å². The molecule has 0 radical (unpaired) electrons. The van der Waals surface area contributed by atoms with E-state index in [1.165, 1.54) is 0 Å². The van der Waals surface area contributed by atoms with Gasteiger partial charge in [-0.15, -0.1) is 0 Å². The number of nitriles is 1. The summed E-state index contributed by atoms with van der Waals surface area (Å²) in [5.74, 6) is 5.23. The van der Waals surface area contributed by atoms with Crippen LogP contribution in [0.2, 0.25) is 0 Å². The Hall–Kier alpha value is -0.590. The summed E-state index contributed by atoms with van der Waals surface area (Å²) in [4.78, 5) is 0. The maximum atomic E-state index is 8.73. The fourth-order valence-electron chi connectivity index (χ4n) is 0.416. The quantitative estimate of drug-likeness (QED) is 0.419. The van der Waals surface area contributed by atoms with Crippen molar-refractivity contribution in [3.8, 4) is 6.07 Å². The van der Waals surface area contributed by atoms with Gasteiger partial charge in [0.05, 0.1) is 6.07 Å². The predicted molar refractivity (Wildman–Crippen MR) is 40.8 cm³/mol. The molecule has 0 aliphatic carbocycles. The van der Waals surface area contributed by atoms with Crippen molar-refractivity contribution in [3.63, 3.8) is 0 Å². The second-order valence-corrected chi connectivity index (χ2v) is 3.63. The SMILES string of the molecule is CC(C)(C)C(C)(C#N)NN. The Bertz CT molecular complexity index is 151. The molecule has 1 atom stereocenters. The Morgan fingerprint density at radius 1 is 1.30 bits per heavy atom. The topological polar surface area (TPSA) is 61.8 Å². The van der Waals surface area contributed by atoms with Gasteiger partial charge in [0.1, 0.15) is 5.54 Å². The van der Waals surface area contributed by atoms with Crippen molar-refractivity contribution in [1.82, 2.24) is 5.43 Å². The van der Waals surface area contributed by atoms with Crippen LogP contribution in [0, 0.1) is 16.7 Å². The summed E-state index contributed by atoms with van der Waals surface area (Å²) in [6.07, 6.45) is 0. The van der Waals surface area contributed by atoms with Gasteiger partial charge in [-0.1, -0.05) is 20.8 Å². The summed E-state index contributed by atoms with van der Waals surface area (Å²) in [5, 5.41) is 8.73. The smallest absolute Gasteiger partial charge is 0.120 e. The van der Waals surface area contributed by atoms with Crippen LogP contribution in [0.3, 0.4) is 0 Å². The molecular weight excluding hydrogens is 126 g/mol. The van der Waals surface area contributed by atoms with Crippen LogP contribution in [-0.4, -0.2) is 5.54 Å². The molecule has 0 aliphatic heterocycles. The summed E-state index contributed by atoms with van der Waals surface area (Å²) in [5.41, 5.74) is 1.72. The van der Waals surface area contributed by atoms with E-state index in [1.54, 1.807) is 6.92 Å². The number of hydrogen-bond acceptors (Lipinski definition) is 3. The van der Waals surface area contributed by atoms with Gasteiger partial charge >= 0.3 is 0 Å². The van der Waals surface area contributed by atoms with E-state index in [-0.39, 0.29) is 5.41 Å². The first-order valence-corrected chi connectivity index (χ1v) is 3.26. The molecule has 0 spiro atoms. The van der Waals surface area contributed by atoms with Crippen molar-refractivity contribution in [2.24, 2.45) is 11.3 Å². The highest BCUT2D eigenvalue weighted by atomic mass is 15.3. The van der Waals surface area contributed by atoms with Gasteiger partial charge < -0.3 is 0 Å². The van der Waals surface area contributed by atoms with Crippen molar-refractivity contribution < 1.29 is 0 Å². The molecule has 0 saturated carbocycles. The first kappa shape index (κ1) is 9.41. The Morgan fingerprint density at radius 2 is 1.70 bits per heavy atom. The normalized spacial score (nSPS) is 17.6. The van der Waals surface area contributed by atoms with Crippen LogP contribution in [0.5, 0.6) is 0 Å². The molecule has 0 saturated heterocycles. The Morgan fingerprint density at radius 3 is 1.70 bits per heavy atom. The zero-order valence-electron chi connectivity index (χ0n) is 7.02. The summed E-state index contributed by atoms with van der Waals surface area (Å²) >= 11 is 0. The lowest BCUT2D eigenvalue weighted by Gasteiger charge is -2.34. The maximum absolute atomic E-state index is 8.73. The molecule has 0 amide bonds. The van der Waals surface area contributed by atoms with Gasteiger partial charge in [-0.2, -0.15) is 5.26 Å². The van der Waals surface area contributed by atoms with E-state index < -0.39 is 5.54 Å². The Balaban J connectivity index is 4.54. The zero-order chi connectivity index (χ0) is 8.41. The van der Waals surface area contributed by atoms with Crippen LogP contribution < -0.4 is 11.3 Å². The number of nitrogens with two attached hydrogens (primary N) is 1.